The lowest BCUT2D eigenvalue weighted by Gasteiger charge is -2.11. The number of halogens is 1. The molecule has 0 spiro atoms. The van der Waals surface area contributed by atoms with E-state index in [1.54, 1.807) is 0 Å². The number of thioether (sulfide) groups is 1. The maximum absolute atomic E-state index is 10.7. The van der Waals surface area contributed by atoms with Crippen LogP contribution >= 0.6 is 23.4 Å². The quantitative estimate of drug-likeness (QED) is 0.674. The molecule has 1 unspecified atom stereocenters. The standard InChI is InChI=1S/C7H14ClNOS/c1-3-11-5-6(2)9-7(10)4-8/h6H,3-5H2,1-2H3,(H,9,10). The molecule has 0 rings (SSSR count). The van der Waals surface area contributed by atoms with Crippen LogP contribution in [0.2, 0.25) is 0 Å². The average Bonchev–Trinajstić information content (AvgIpc) is 2.00. The Bertz CT molecular complexity index is 121. The number of hydrogen-bond donors (Lipinski definition) is 1. The third-order valence-electron chi connectivity index (χ3n) is 1.10. The van der Waals surface area contributed by atoms with Crippen molar-refractivity contribution in [2.24, 2.45) is 0 Å². The molecular formula is C7H14ClNOS. The number of hydrogen-bond acceptors (Lipinski definition) is 2. The molecule has 0 saturated carbocycles. The third-order valence-corrected chi connectivity index (χ3v) is 2.49. The zero-order chi connectivity index (χ0) is 8.69. The molecule has 0 bridgehead atoms. The van der Waals surface area contributed by atoms with Crippen LogP contribution in [0.15, 0.2) is 0 Å². The highest BCUT2D eigenvalue weighted by Gasteiger charge is 2.04. The van der Waals surface area contributed by atoms with Crippen molar-refractivity contribution in [1.29, 1.82) is 0 Å². The highest BCUT2D eigenvalue weighted by Crippen LogP contribution is 2.00. The predicted octanol–water partition coefficient (Wildman–Crippen LogP) is 1.48. The van der Waals surface area contributed by atoms with Crippen LogP contribution in [0.3, 0.4) is 0 Å². The smallest absolute Gasteiger partial charge is 0.235 e. The second kappa shape index (κ2) is 6.80. The maximum Gasteiger partial charge on any atom is 0.235 e. The normalized spacial score (nSPS) is 12.6. The number of alkyl halides is 1. The van der Waals surface area contributed by atoms with Crippen molar-refractivity contribution < 1.29 is 4.79 Å². The number of nitrogens with one attached hydrogen (secondary N) is 1. The van der Waals surface area contributed by atoms with E-state index in [-0.39, 0.29) is 17.8 Å². The minimum absolute atomic E-state index is 0.0567. The van der Waals surface area contributed by atoms with Crippen LogP contribution in [0.1, 0.15) is 13.8 Å². The summed E-state index contributed by atoms with van der Waals surface area (Å²) in [6.07, 6.45) is 0. The van der Waals surface area contributed by atoms with Gasteiger partial charge >= 0.3 is 0 Å². The first kappa shape index (κ1) is 11.1. The van der Waals surface area contributed by atoms with Gasteiger partial charge < -0.3 is 5.32 Å². The number of carbonyl (C=O) groups is 1. The van der Waals surface area contributed by atoms with Gasteiger partial charge in [0.05, 0.1) is 0 Å². The van der Waals surface area contributed by atoms with Gasteiger partial charge in [0.2, 0.25) is 5.91 Å². The SMILES string of the molecule is CCSCC(C)NC(=O)CCl. The van der Waals surface area contributed by atoms with Gasteiger partial charge in [-0.2, -0.15) is 11.8 Å². The van der Waals surface area contributed by atoms with E-state index in [0.717, 1.165) is 11.5 Å². The van der Waals surface area contributed by atoms with Crippen LogP contribution in [0.5, 0.6) is 0 Å². The second-order valence-corrected chi connectivity index (χ2v) is 3.85. The van der Waals surface area contributed by atoms with Crippen LogP contribution in [-0.2, 0) is 4.79 Å². The van der Waals surface area contributed by atoms with E-state index in [0.29, 0.717) is 0 Å². The fourth-order valence-corrected chi connectivity index (χ4v) is 1.40. The third kappa shape index (κ3) is 6.51. The molecule has 1 atom stereocenters. The van der Waals surface area contributed by atoms with Crippen LogP contribution in [-0.4, -0.2) is 29.3 Å². The van der Waals surface area contributed by atoms with Crippen molar-refractivity contribution in [3.05, 3.63) is 0 Å². The van der Waals surface area contributed by atoms with Crippen molar-refractivity contribution in [2.45, 2.75) is 19.9 Å². The van der Waals surface area contributed by atoms with Gasteiger partial charge in [0.25, 0.3) is 0 Å². The summed E-state index contributed by atoms with van der Waals surface area (Å²) >= 11 is 7.12. The lowest BCUT2D eigenvalue weighted by molar-refractivity contribution is -0.119. The Hall–Kier alpha value is 0.110. The van der Waals surface area contributed by atoms with Gasteiger partial charge in [-0.05, 0) is 12.7 Å². The Labute approximate surface area is 77.1 Å². The Morgan fingerprint density at radius 3 is 2.82 bits per heavy atom. The zero-order valence-corrected chi connectivity index (χ0v) is 8.47. The Morgan fingerprint density at radius 2 is 2.36 bits per heavy atom. The fraction of sp³-hybridized carbons (Fsp3) is 0.857. The van der Waals surface area contributed by atoms with Gasteiger partial charge in [0.15, 0.2) is 0 Å². The van der Waals surface area contributed by atoms with Gasteiger partial charge in [-0.3, -0.25) is 4.79 Å². The number of rotatable bonds is 5. The molecule has 0 aromatic rings. The zero-order valence-electron chi connectivity index (χ0n) is 6.89. The molecule has 0 aliphatic carbocycles. The largest absolute Gasteiger partial charge is 0.352 e. The Morgan fingerprint density at radius 1 is 1.73 bits per heavy atom. The first-order chi connectivity index (χ1) is 5.20. The molecule has 0 heterocycles. The van der Waals surface area contributed by atoms with Gasteiger partial charge in [0, 0.05) is 11.8 Å². The molecule has 0 aromatic carbocycles. The molecule has 1 N–H and O–H groups in total. The molecule has 0 aliphatic heterocycles. The summed E-state index contributed by atoms with van der Waals surface area (Å²) in [7, 11) is 0. The van der Waals surface area contributed by atoms with Crippen molar-refractivity contribution in [1.82, 2.24) is 5.32 Å². The molecule has 0 saturated heterocycles. The minimum atomic E-state index is -0.0872. The molecular weight excluding hydrogens is 182 g/mol. The predicted molar refractivity (Wildman–Crippen MR) is 51.3 cm³/mol. The highest BCUT2D eigenvalue weighted by atomic mass is 35.5. The number of carbonyl (C=O) groups excluding carboxylic acids is 1. The van der Waals surface area contributed by atoms with E-state index in [4.69, 9.17) is 11.6 Å². The minimum Gasteiger partial charge on any atom is -0.352 e. The number of amides is 1. The van der Waals surface area contributed by atoms with E-state index < -0.39 is 0 Å². The lowest BCUT2D eigenvalue weighted by atomic mass is 10.4. The second-order valence-electron chi connectivity index (χ2n) is 2.26. The van der Waals surface area contributed by atoms with E-state index >= 15 is 0 Å². The highest BCUT2D eigenvalue weighted by molar-refractivity contribution is 7.99. The summed E-state index contributed by atoms with van der Waals surface area (Å²) in [5.74, 6) is 2.01. The lowest BCUT2D eigenvalue weighted by Crippen LogP contribution is -2.35. The summed E-state index contributed by atoms with van der Waals surface area (Å²) in [6.45, 7) is 4.08. The van der Waals surface area contributed by atoms with Crippen molar-refractivity contribution in [3.63, 3.8) is 0 Å². The van der Waals surface area contributed by atoms with E-state index in [9.17, 15) is 4.79 Å². The monoisotopic (exact) mass is 195 g/mol. The van der Waals surface area contributed by atoms with Crippen molar-refractivity contribution in [3.8, 4) is 0 Å². The summed E-state index contributed by atoms with van der Waals surface area (Å²) in [4.78, 5) is 10.7. The maximum atomic E-state index is 10.7. The summed E-state index contributed by atoms with van der Waals surface area (Å²) < 4.78 is 0. The van der Waals surface area contributed by atoms with E-state index in [2.05, 4.69) is 12.2 Å². The van der Waals surface area contributed by atoms with E-state index in [1.165, 1.54) is 0 Å². The first-order valence-corrected chi connectivity index (χ1v) is 5.32. The molecule has 2 nitrogen and oxygen atoms in total. The van der Waals surface area contributed by atoms with Gasteiger partial charge in [-0.25, -0.2) is 0 Å². The molecule has 0 fully saturated rings. The summed E-state index contributed by atoms with van der Waals surface area (Å²) in [6, 6.07) is 0.228. The molecule has 0 aromatic heterocycles. The molecule has 0 aliphatic rings. The molecule has 11 heavy (non-hydrogen) atoms. The van der Waals surface area contributed by atoms with Gasteiger partial charge in [0.1, 0.15) is 5.88 Å². The Kier molecular flexibility index (Phi) is 6.87. The van der Waals surface area contributed by atoms with E-state index in [1.807, 2.05) is 18.7 Å². The topological polar surface area (TPSA) is 29.1 Å². The first-order valence-electron chi connectivity index (χ1n) is 3.63. The van der Waals surface area contributed by atoms with Crippen molar-refractivity contribution >= 4 is 29.3 Å². The summed E-state index contributed by atoms with van der Waals surface area (Å²) in [5, 5.41) is 2.77. The Balaban J connectivity index is 3.35. The van der Waals surface area contributed by atoms with Crippen LogP contribution in [0.25, 0.3) is 0 Å². The van der Waals surface area contributed by atoms with Crippen LogP contribution < -0.4 is 5.32 Å². The molecule has 66 valence electrons. The molecule has 0 radical (unpaired) electrons. The summed E-state index contributed by atoms with van der Waals surface area (Å²) in [5.41, 5.74) is 0. The van der Waals surface area contributed by atoms with Gasteiger partial charge in [-0.1, -0.05) is 6.92 Å². The van der Waals surface area contributed by atoms with Crippen molar-refractivity contribution in [2.75, 3.05) is 17.4 Å². The molecule has 1 amide bonds. The fourth-order valence-electron chi connectivity index (χ4n) is 0.650. The molecule has 4 heteroatoms. The van der Waals surface area contributed by atoms with Crippen LogP contribution in [0, 0.1) is 0 Å². The van der Waals surface area contributed by atoms with Crippen LogP contribution in [0.4, 0.5) is 0 Å². The van der Waals surface area contributed by atoms with Gasteiger partial charge in [-0.15, -0.1) is 11.6 Å². The average molecular weight is 196 g/mol.